The standard InChI is InChI=1S/C25H26ClF4N3O7S/c1-23(2,25(28,29)30)40-22(35)32-14-4-7-20-19(10-14)33(41(37,38)16-5-6-18(27)17(26)11-16)13-15(39-20)12-31-21(34)24(36)8-3-9-24/h4-7,10-11,15,36H,3,8-9,12-13H2,1-2H3,(H,31,34)(H,32,35). The second-order valence-corrected chi connectivity index (χ2v) is 12.4. The first-order valence-electron chi connectivity index (χ1n) is 12.3. The molecular weight excluding hydrogens is 598 g/mol. The summed E-state index contributed by atoms with van der Waals surface area (Å²) in [5.41, 5.74) is -4.54. The number of alkyl halides is 3. The largest absolute Gasteiger partial charge is 0.484 e. The average Bonchev–Trinajstić information content (AvgIpc) is 2.85. The number of anilines is 2. The quantitative estimate of drug-likeness (QED) is 0.390. The van der Waals surface area contributed by atoms with Crippen molar-refractivity contribution in [3.8, 4) is 5.75 Å². The van der Waals surface area contributed by atoms with Crippen molar-refractivity contribution in [2.24, 2.45) is 0 Å². The van der Waals surface area contributed by atoms with Gasteiger partial charge in [-0.15, -0.1) is 0 Å². The summed E-state index contributed by atoms with van der Waals surface area (Å²) in [6.07, 6.45) is -5.99. The second-order valence-electron chi connectivity index (χ2n) is 10.2. The number of sulfonamides is 1. The van der Waals surface area contributed by atoms with E-state index < -0.39 is 56.3 Å². The van der Waals surface area contributed by atoms with Crippen LogP contribution >= 0.6 is 11.6 Å². The molecule has 0 aromatic heterocycles. The van der Waals surface area contributed by atoms with Gasteiger partial charge in [0.05, 0.1) is 28.7 Å². The molecule has 4 rings (SSSR count). The number of benzene rings is 2. The lowest BCUT2D eigenvalue weighted by atomic mass is 9.79. The lowest BCUT2D eigenvalue weighted by molar-refractivity contribution is -0.242. The van der Waals surface area contributed by atoms with Gasteiger partial charge in [-0.1, -0.05) is 11.6 Å². The fraction of sp³-hybridized carbons (Fsp3) is 0.440. The highest BCUT2D eigenvalue weighted by Crippen LogP contribution is 2.40. The Balaban J connectivity index is 1.63. The molecule has 0 spiro atoms. The topological polar surface area (TPSA) is 134 Å². The van der Waals surface area contributed by atoms with E-state index in [9.17, 15) is 40.7 Å². The van der Waals surface area contributed by atoms with Crippen molar-refractivity contribution in [1.29, 1.82) is 0 Å². The predicted octanol–water partition coefficient (Wildman–Crippen LogP) is 4.36. The van der Waals surface area contributed by atoms with Gasteiger partial charge in [0.25, 0.3) is 15.9 Å². The van der Waals surface area contributed by atoms with Gasteiger partial charge in [-0.25, -0.2) is 17.6 Å². The lowest BCUT2D eigenvalue weighted by Crippen LogP contribution is -2.55. The van der Waals surface area contributed by atoms with Gasteiger partial charge in [0.1, 0.15) is 23.3 Å². The third kappa shape index (κ3) is 6.31. The summed E-state index contributed by atoms with van der Waals surface area (Å²) in [7, 11) is -4.45. The summed E-state index contributed by atoms with van der Waals surface area (Å²) in [5, 5.41) is 14.5. The van der Waals surface area contributed by atoms with Crippen molar-refractivity contribution in [3.63, 3.8) is 0 Å². The molecule has 1 unspecified atom stereocenters. The van der Waals surface area contributed by atoms with Crippen LogP contribution in [0.1, 0.15) is 33.1 Å². The maximum atomic E-state index is 13.8. The lowest BCUT2D eigenvalue weighted by Gasteiger charge is -2.38. The number of carbonyl (C=O) groups is 2. The van der Waals surface area contributed by atoms with Crippen molar-refractivity contribution in [3.05, 3.63) is 47.2 Å². The fourth-order valence-corrected chi connectivity index (χ4v) is 5.80. The number of amides is 2. The Hall–Kier alpha value is -3.30. The van der Waals surface area contributed by atoms with Gasteiger partial charge in [0, 0.05) is 5.69 Å². The number of nitrogens with zero attached hydrogens (tertiary/aromatic N) is 1. The number of aliphatic hydroxyl groups is 1. The Labute approximate surface area is 237 Å². The van der Waals surface area contributed by atoms with Crippen LogP contribution in [-0.2, 0) is 19.6 Å². The molecule has 10 nitrogen and oxygen atoms in total. The van der Waals surface area contributed by atoms with Crippen LogP contribution in [0.4, 0.5) is 33.7 Å². The van der Waals surface area contributed by atoms with Crippen molar-refractivity contribution >= 4 is 45.0 Å². The SMILES string of the molecule is CC(C)(OC(=O)Nc1ccc2c(c1)N(S(=O)(=O)c1ccc(F)c(Cl)c1)CC(CNC(=O)C1(O)CCC1)O2)C(F)(F)F. The fourth-order valence-electron chi connectivity index (χ4n) is 4.03. The molecular formula is C25H26ClF4N3O7S. The van der Waals surface area contributed by atoms with Gasteiger partial charge < -0.3 is 19.9 Å². The molecule has 1 atom stereocenters. The van der Waals surface area contributed by atoms with E-state index in [4.69, 9.17) is 16.3 Å². The summed E-state index contributed by atoms with van der Waals surface area (Å²) in [6.45, 7) is 0.767. The van der Waals surface area contributed by atoms with Gasteiger partial charge in [-0.3, -0.25) is 14.4 Å². The maximum absolute atomic E-state index is 13.8. The number of nitrogens with one attached hydrogen (secondary N) is 2. The van der Waals surface area contributed by atoms with E-state index in [1.807, 2.05) is 0 Å². The maximum Gasteiger partial charge on any atom is 0.427 e. The normalized spacial score (nSPS) is 18.4. The van der Waals surface area contributed by atoms with E-state index in [1.165, 1.54) is 12.1 Å². The third-order valence-electron chi connectivity index (χ3n) is 6.74. The molecule has 0 radical (unpaired) electrons. The summed E-state index contributed by atoms with van der Waals surface area (Å²) in [5.74, 6) is -1.49. The molecule has 1 aliphatic carbocycles. The van der Waals surface area contributed by atoms with Crippen LogP contribution in [-0.4, -0.2) is 62.1 Å². The van der Waals surface area contributed by atoms with Crippen LogP contribution in [0.5, 0.6) is 5.75 Å². The summed E-state index contributed by atoms with van der Waals surface area (Å²) >= 11 is 5.81. The number of carbonyl (C=O) groups excluding carboxylic acids is 2. The average molecular weight is 624 g/mol. The first kappa shape index (κ1) is 30.7. The van der Waals surface area contributed by atoms with E-state index in [1.54, 1.807) is 0 Å². The molecule has 3 N–H and O–H groups in total. The monoisotopic (exact) mass is 623 g/mol. The van der Waals surface area contributed by atoms with E-state index in [0.717, 1.165) is 28.6 Å². The zero-order valence-corrected chi connectivity index (χ0v) is 23.3. The molecule has 1 heterocycles. The van der Waals surface area contributed by atoms with Crippen LogP contribution in [0.3, 0.4) is 0 Å². The van der Waals surface area contributed by atoms with Crippen molar-refractivity contribution < 1.29 is 50.1 Å². The van der Waals surface area contributed by atoms with E-state index in [-0.39, 0.29) is 48.0 Å². The predicted molar refractivity (Wildman–Crippen MR) is 139 cm³/mol. The molecule has 2 aromatic carbocycles. The smallest absolute Gasteiger partial charge is 0.427 e. The highest BCUT2D eigenvalue weighted by molar-refractivity contribution is 7.92. The van der Waals surface area contributed by atoms with Gasteiger partial charge in [0.2, 0.25) is 5.60 Å². The van der Waals surface area contributed by atoms with Gasteiger partial charge in [-0.2, -0.15) is 13.2 Å². The van der Waals surface area contributed by atoms with Crippen LogP contribution in [0.2, 0.25) is 5.02 Å². The van der Waals surface area contributed by atoms with Crippen LogP contribution in [0, 0.1) is 5.82 Å². The molecule has 1 fully saturated rings. The summed E-state index contributed by atoms with van der Waals surface area (Å²) < 4.78 is 91.7. The molecule has 2 aliphatic rings. The van der Waals surface area contributed by atoms with Crippen molar-refractivity contribution in [2.75, 3.05) is 22.7 Å². The van der Waals surface area contributed by atoms with Crippen molar-refractivity contribution in [2.45, 2.75) is 61.5 Å². The Bertz CT molecular complexity index is 1470. The molecule has 2 amide bonds. The van der Waals surface area contributed by atoms with E-state index in [2.05, 4.69) is 15.4 Å². The highest BCUT2D eigenvalue weighted by Gasteiger charge is 2.51. The molecule has 0 bridgehead atoms. The zero-order valence-electron chi connectivity index (χ0n) is 21.7. The first-order valence-corrected chi connectivity index (χ1v) is 14.1. The first-order chi connectivity index (χ1) is 18.9. The molecule has 1 saturated carbocycles. The molecule has 1 aliphatic heterocycles. The summed E-state index contributed by atoms with van der Waals surface area (Å²) in [6, 6.07) is 6.43. The minimum absolute atomic E-state index is 0.0100. The van der Waals surface area contributed by atoms with Gasteiger partial charge >= 0.3 is 12.3 Å². The number of hydrogen-bond donors (Lipinski definition) is 3. The molecule has 41 heavy (non-hydrogen) atoms. The molecule has 0 saturated heterocycles. The minimum atomic E-state index is -4.85. The number of ether oxygens (including phenoxy) is 2. The molecule has 224 valence electrons. The van der Waals surface area contributed by atoms with Gasteiger partial charge in [0.15, 0.2) is 0 Å². The van der Waals surface area contributed by atoms with Crippen LogP contribution in [0.15, 0.2) is 41.3 Å². The Morgan fingerprint density at radius 3 is 2.46 bits per heavy atom. The highest BCUT2D eigenvalue weighted by atomic mass is 35.5. The molecule has 2 aromatic rings. The minimum Gasteiger partial charge on any atom is -0.484 e. The second kappa shape index (κ2) is 10.8. The van der Waals surface area contributed by atoms with E-state index in [0.29, 0.717) is 20.3 Å². The molecule has 16 heteroatoms. The Morgan fingerprint density at radius 1 is 1.20 bits per heavy atom. The Kier molecular flexibility index (Phi) is 8.10. The van der Waals surface area contributed by atoms with Gasteiger partial charge in [-0.05, 0) is 69.5 Å². The third-order valence-corrected chi connectivity index (χ3v) is 8.81. The number of rotatable bonds is 7. The summed E-state index contributed by atoms with van der Waals surface area (Å²) in [4.78, 5) is 24.2. The van der Waals surface area contributed by atoms with Crippen molar-refractivity contribution in [1.82, 2.24) is 5.32 Å². The van der Waals surface area contributed by atoms with E-state index >= 15 is 0 Å². The van der Waals surface area contributed by atoms with Crippen LogP contribution in [0.25, 0.3) is 0 Å². The Morgan fingerprint density at radius 2 is 1.88 bits per heavy atom. The zero-order chi connectivity index (χ0) is 30.4. The van der Waals surface area contributed by atoms with Crippen LogP contribution < -0.4 is 19.7 Å². The number of halogens is 5. The number of fused-ring (bicyclic) bond motifs is 1. The number of hydrogen-bond acceptors (Lipinski definition) is 7.